The molecule has 8 heteroatoms. The van der Waals surface area contributed by atoms with Crippen LogP contribution in [0.25, 0.3) is 11.1 Å². The van der Waals surface area contributed by atoms with Crippen molar-refractivity contribution in [1.82, 2.24) is 15.3 Å². The number of hydrogen-bond acceptors (Lipinski definition) is 2. The minimum Gasteiger partial charge on any atom is -0.347 e. The minimum atomic E-state index is -1.54. The molecular formula is C17H13F3N4O. The second-order valence-corrected chi connectivity index (χ2v) is 5.14. The number of imidazole rings is 1. The Hall–Kier alpha value is -3.29. The number of benzene rings is 2. The van der Waals surface area contributed by atoms with Crippen LogP contribution in [0.3, 0.4) is 0 Å². The van der Waals surface area contributed by atoms with Crippen LogP contribution in [0.5, 0.6) is 0 Å². The molecule has 0 atom stereocenters. The number of aromatic amines is 1. The average molecular weight is 346 g/mol. The minimum absolute atomic E-state index is 0.110. The van der Waals surface area contributed by atoms with Crippen molar-refractivity contribution < 1.29 is 18.0 Å². The summed E-state index contributed by atoms with van der Waals surface area (Å²) in [5.41, 5.74) is 0.789. The van der Waals surface area contributed by atoms with E-state index in [9.17, 15) is 18.0 Å². The van der Waals surface area contributed by atoms with Gasteiger partial charge in [-0.15, -0.1) is 0 Å². The van der Waals surface area contributed by atoms with E-state index in [-0.39, 0.29) is 12.1 Å². The maximum absolute atomic E-state index is 13.5. The first kappa shape index (κ1) is 16.6. The van der Waals surface area contributed by atoms with Gasteiger partial charge in [0.1, 0.15) is 5.82 Å². The van der Waals surface area contributed by atoms with Crippen LogP contribution >= 0.6 is 0 Å². The summed E-state index contributed by atoms with van der Waals surface area (Å²) in [5, 5.41) is 5.19. The normalized spacial score (nSPS) is 10.5. The number of para-hydroxylation sites is 1. The van der Waals surface area contributed by atoms with Gasteiger partial charge in [0.25, 0.3) is 0 Å². The van der Waals surface area contributed by atoms with Crippen molar-refractivity contribution in [2.24, 2.45) is 0 Å². The van der Waals surface area contributed by atoms with E-state index in [1.165, 1.54) is 0 Å². The van der Waals surface area contributed by atoms with Crippen molar-refractivity contribution in [2.75, 3.05) is 5.32 Å². The molecule has 0 spiro atoms. The number of anilines is 1. The predicted molar refractivity (Wildman–Crippen MR) is 86.2 cm³/mol. The van der Waals surface area contributed by atoms with Gasteiger partial charge in [-0.05, 0) is 23.8 Å². The Kier molecular flexibility index (Phi) is 4.69. The van der Waals surface area contributed by atoms with E-state index in [0.29, 0.717) is 17.1 Å². The molecule has 0 saturated carbocycles. The molecule has 0 bridgehead atoms. The second kappa shape index (κ2) is 7.08. The number of carbonyl (C=O) groups is 1. The fraction of sp³-hybridized carbons (Fsp3) is 0.0588. The maximum atomic E-state index is 13.5. The largest absolute Gasteiger partial charge is 0.347 e. The van der Waals surface area contributed by atoms with E-state index in [4.69, 9.17) is 0 Å². The first-order valence-electron chi connectivity index (χ1n) is 7.31. The van der Waals surface area contributed by atoms with Gasteiger partial charge in [-0.25, -0.2) is 22.9 Å². The predicted octanol–water partition coefficient (Wildman–Crippen LogP) is 3.82. The molecule has 3 rings (SSSR count). The third kappa shape index (κ3) is 3.79. The highest BCUT2D eigenvalue weighted by Crippen LogP contribution is 2.30. The van der Waals surface area contributed by atoms with Crippen LogP contribution in [-0.2, 0) is 6.54 Å². The van der Waals surface area contributed by atoms with Crippen molar-refractivity contribution in [1.29, 1.82) is 0 Å². The molecule has 0 aliphatic rings. The highest BCUT2D eigenvalue weighted by Gasteiger charge is 2.14. The molecule has 2 amide bonds. The Labute approximate surface area is 140 Å². The fourth-order valence-corrected chi connectivity index (χ4v) is 2.28. The summed E-state index contributed by atoms with van der Waals surface area (Å²) in [6.07, 6.45) is 3.18. The lowest BCUT2D eigenvalue weighted by Crippen LogP contribution is -2.28. The molecule has 0 fully saturated rings. The number of hydrogen-bond donors (Lipinski definition) is 3. The molecular weight excluding hydrogens is 333 g/mol. The van der Waals surface area contributed by atoms with Gasteiger partial charge in [-0.3, -0.25) is 0 Å². The van der Waals surface area contributed by atoms with Crippen LogP contribution in [0.4, 0.5) is 23.7 Å². The van der Waals surface area contributed by atoms with E-state index in [1.54, 1.807) is 36.7 Å². The number of nitrogens with one attached hydrogen (secondary N) is 3. The fourth-order valence-electron chi connectivity index (χ4n) is 2.28. The maximum Gasteiger partial charge on any atom is 0.319 e. The Balaban J connectivity index is 1.80. The summed E-state index contributed by atoms with van der Waals surface area (Å²) in [7, 11) is 0. The molecule has 128 valence electrons. The first-order chi connectivity index (χ1) is 12.0. The van der Waals surface area contributed by atoms with Crippen molar-refractivity contribution >= 4 is 11.7 Å². The summed E-state index contributed by atoms with van der Waals surface area (Å²) < 4.78 is 40.1. The van der Waals surface area contributed by atoms with E-state index in [0.717, 1.165) is 12.1 Å². The van der Waals surface area contributed by atoms with Crippen LogP contribution in [0.15, 0.2) is 48.8 Å². The topological polar surface area (TPSA) is 69.8 Å². The number of H-pyrrole nitrogens is 1. The monoisotopic (exact) mass is 346 g/mol. The molecule has 5 nitrogen and oxygen atoms in total. The number of halogens is 3. The summed E-state index contributed by atoms with van der Waals surface area (Å²) in [4.78, 5) is 18.8. The molecule has 2 aromatic carbocycles. The number of nitrogens with zero attached hydrogens (tertiary/aromatic N) is 1. The lowest BCUT2D eigenvalue weighted by Gasteiger charge is -2.12. The third-order valence-electron chi connectivity index (χ3n) is 3.44. The molecule has 0 aliphatic heterocycles. The standard InChI is InChI=1S/C17H13F3N4O/c18-12-7-10(8-13(19)16(12)20)11-3-1-2-4-14(11)24-17(25)23-9-15-21-5-6-22-15/h1-8H,9H2,(H,21,22)(H2,23,24,25). The quantitative estimate of drug-likeness (QED) is 0.629. The molecule has 0 aliphatic carbocycles. The molecule has 1 aromatic heterocycles. The first-order valence-corrected chi connectivity index (χ1v) is 7.31. The van der Waals surface area contributed by atoms with Crippen LogP contribution in [-0.4, -0.2) is 16.0 Å². The Morgan fingerprint density at radius 1 is 1.12 bits per heavy atom. The number of carbonyl (C=O) groups excluding carboxylic acids is 1. The van der Waals surface area contributed by atoms with Gasteiger partial charge in [-0.1, -0.05) is 18.2 Å². The van der Waals surface area contributed by atoms with E-state index < -0.39 is 23.5 Å². The van der Waals surface area contributed by atoms with Gasteiger partial charge in [0.15, 0.2) is 17.5 Å². The zero-order chi connectivity index (χ0) is 17.8. The third-order valence-corrected chi connectivity index (χ3v) is 3.44. The molecule has 25 heavy (non-hydrogen) atoms. The van der Waals surface area contributed by atoms with Gasteiger partial charge in [0.2, 0.25) is 0 Å². The zero-order valence-corrected chi connectivity index (χ0v) is 12.8. The van der Waals surface area contributed by atoms with Crippen molar-refractivity contribution in [3.05, 3.63) is 72.1 Å². The highest BCUT2D eigenvalue weighted by molar-refractivity contribution is 5.94. The van der Waals surface area contributed by atoms with Crippen LogP contribution in [0.1, 0.15) is 5.82 Å². The van der Waals surface area contributed by atoms with Crippen molar-refractivity contribution in [3.8, 4) is 11.1 Å². The lowest BCUT2D eigenvalue weighted by molar-refractivity contribution is 0.251. The summed E-state index contributed by atoms with van der Waals surface area (Å²) in [5.74, 6) is -3.56. The molecule has 0 unspecified atom stereocenters. The molecule has 3 N–H and O–H groups in total. The Morgan fingerprint density at radius 3 is 2.52 bits per heavy atom. The molecule has 0 saturated heterocycles. The van der Waals surface area contributed by atoms with Crippen molar-refractivity contribution in [2.45, 2.75) is 6.54 Å². The van der Waals surface area contributed by atoms with Crippen LogP contribution < -0.4 is 10.6 Å². The second-order valence-electron chi connectivity index (χ2n) is 5.14. The van der Waals surface area contributed by atoms with E-state index in [2.05, 4.69) is 20.6 Å². The number of urea groups is 1. The Bertz CT molecular complexity index is 874. The van der Waals surface area contributed by atoms with Gasteiger partial charge >= 0.3 is 6.03 Å². The summed E-state index contributed by atoms with van der Waals surface area (Å²) >= 11 is 0. The number of amides is 2. The molecule has 1 heterocycles. The lowest BCUT2D eigenvalue weighted by atomic mass is 10.0. The number of aromatic nitrogens is 2. The molecule has 3 aromatic rings. The van der Waals surface area contributed by atoms with Gasteiger partial charge < -0.3 is 15.6 Å². The van der Waals surface area contributed by atoms with E-state index in [1.807, 2.05) is 0 Å². The smallest absolute Gasteiger partial charge is 0.319 e. The highest BCUT2D eigenvalue weighted by atomic mass is 19.2. The van der Waals surface area contributed by atoms with Crippen LogP contribution in [0.2, 0.25) is 0 Å². The number of rotatable bonds is 4. The zero-order valence-electron chi connectivity index (χ0n) is 12.8. The van der Waals surface area contributed by atoms with Gasteiger partial charge in [-0.2, -0.15) is 0 Å². The Morgan fingerprint density at radius 2 is 1.84 bits per heavy atom. The van der Waals surface area contributed by atoms with E-state index >= 15 is 0 Å². The average Bonchev–Trinajstić information content (AvgIpc) is 3.11. The van der Waals surface area contributed by atoms with Crippen molar-refractivity contribution in [3.63, 3.8) is 0 Å². The summed E-state index contributed by atoms with van der Waals surface area (Å²) in [6.45, 7) is 0.181. The molecule has 0 radical (unpaired) electrons. The SMILES string of the molecule is O=C(NCc1ncc[nH]1)Nc1ccccc1-c1cc(F)c(F)c(F)c1. The van der Waals surface area contributed by atoms with Gasteiger partial charge in [0, 0.05) is 18.0 Å². The van der Waals surface area contributed by atoms with Crippen LogP contribution in [0, 0.1) is 17.5 Å². The van der Waals surface area contributed by atoms with Gasteiger partial charge in [0.05, 0.1) is 12.2 Å². The summed E-state index contributed by atoms with van der Waals surface area (Å²) in [6, 6.07) is 7.66.